The van der Waals surface area contributed by atoms with Crippen molar-refractivity contribution in [2.24, 2.45) is 0 Å². The van der Waals surface area contributed by atoms with Crippen LogP contribution in [-0.4, -0.2) is 54.1 Å². The largest absolute Gasteiger partial charge is 0.439 e. The van der Waals surface area contributed by atoms with Crippen molar-refractivity contribution in [2.75, 3.05) is 0 Å². The number of rotatable bonds is 2. The molecule has 0 bridgehead atoms. The molecule has 1 rings (SSSR count). The number of hydrogen-bond acceptors (Lipinski definition) is 7. The monoisotopic (exact) mass is 356 g/mol. The molecule has 0 atom stereocenters. The Kier molecular flexibility index (Phi) is 8.90. The van der Waals surface area contributed by atoms with Gasteiger partial charge in [-0.3, -0.25) is 0 Å². The summed E-state index contributed by atoms with van der Waals surface area (Å²) in [6, 6.07) is 0. The predicted molar refractivity (Wildman–Crippen MR) is 65.2 cm³/mol. The van der Waals surface area contributed by atoms with Gasteiger partial charge in [0.1, 0.15) is 0 Å². The van der Waals surface area contributed by atoms with E-state index >= 15 is 0 Å². The Morgan fingerprint density at radius 2 is 1.37 bits per heavy atom. The summed E-state index contributed by atoms with van der Waals surface area (Å²) in [4.78, 5) is 0. The molecule has 14 heteroatoms. The van der Waals surface area contributed by atoms with Crippen LogP contribution in [-0.2, 0) is 39.6 Å². The maximum Gasteiger partial charge on any atom is 0.0495 e. The van der Waals surface area contributed by atoms with Crippen molar-refractivity contribution in [3.05, 3.63) is 0 Å². The van der Waals surface area contributed by atoms with E-state index < -0.39 is 49.4 Å². The topological polar surface area (TPSA) is 195 Å². The van der Waals surface area contributed by atoms with E-state index in [2.05, 4.69) is 0 Å². The zero-order chi connectivity index (χ0) is 14.6. The molecule has 114 valence electrons. The zero-order valence-corrected chi connectivity index (χ0v) is 13.0. The van der Waals surface area contributed by atoms with E-state index in [-0.39, 0.29) is 11.9 Å². The van der Waals surface area contributed by atoms with Gasteiger partial charge in [0.25, 0.3) is 0 Å². The molecule has 10 nitrogen and oxygen atoms in total. The van der Waals surface area contributed by atoms with Gasteiger partial charge < -0.3 is 18.4 Å². The minimum absolute atomic E-state index is 0. The van der Waals surface area contributed by atoms with E-state index in [9.17, 15) is 16.8 Å². The third-order valence-electron chi connectivity index (χ3n) is 2.31. The van der Waals surface area contributed by atoms with Gasteiger partial charge in [-0.2, -0.15) is 0 Å². The number of hydrogen-bond donors (Lipinski definition) is 3. The standard InChI is InChI=1S/C5H10O6S2.Al.HO3S.H2O/c1-2-3-4-5(12(6,7)8)13(9,10)11;;1-4(2)3;/h1-4H2,(H,6,7,8)(H,9,10,11);;(H,1,2,3);1H2/q;+1;-1;. The van der Waals surface area contributed by atoms with E-state index in [0.717, 1.165) is 6.42 Å². The average molecular weight is 356 g/mol. The summed E-state index contributed by atoms with van der Waals surface area (Å²) in [5, 5.41) is 0.444. The Hall–Kier alpha value is 0.222. The molecule has 0 radical (unpaired) electrons. The minimum Gasteiger partial charge on any atom is -0.439 e. The average Bonchev–Trinajstić information content (AvgIpc) is 2.14. The summed E-state index contributed by atoms with van der Waals surface area (Å²) in [5.41, 5.74) is 0. The summed E-state index contributed by atoms with van der Waals surface area (Å²) >= 11 is -1.04. The van der Waals surface area contributed by atoms with Gasteiger partial charge in [0, 0.05) is 11.0 Å². The van der Waals surface area contributed by atoms with E-state index in [1.54, 1.807) is 0 Å². The first-order chi connectivity index (χ1) is 7.94. The van der Waals surface area contributed by atoms with Gasteiger partial charge >= 0.3 is 88.9 Å². The molecule has 0 unspecified atom stereocenters. The van der Waals surface area contributed by atoms with Gasteiger partial charge in [-0.25, -0.2) is 0 Å². The zero-order valence-electron chi connectivity index (χ0n) is 9.42. The maximum atomic E-state index is 11.0. The fourth-order valence-corrected chi connectivity index (χ4v) is 7.14. The van der Waals surface area contributed by atoms with Crippen LogP contribution < -0.4 is 0 Å². The van der Waals surface area contributed by atoms with Crippen LogP contribution in [0.4, 0.5) is 0 Å². The molecule has 0 aliphatic carbocycles. The van der Waals surface area contributed by atoms with E-state index in [1.807, 2.05) is 0 Å². The van der Waals surface area contributed by atoms with Crippen molar-refractivity contribution < 1.29 is 44.4 Å². The van der Waals surface area contributed by atoms with E-state index in [1.165, 1.54) is 0 Å². The second-order valence-corrected chi connectivity index (χ2v) is 10.3. The SMILES string of the molecule is O.O=S(=O)(O)[C]1(S(=O)(=O)O)CCC[CH2][Al+]1.O=[S-](=O)O. The summed E-state index contributed by atoms with van der Waals surface area (Å²) in [7, 11) is -12.4. The van der Waals surface area contributed by atoms with Crippen LogP contribution in [0.2, 0.25) is 5.28 Å². The molecule has 5 N–H and O–H groups in total. The van der Waals surface area contributed by atoms with Gasteiger partial charge in [0.05, 0.1) is 0 Å². The van der Waals surface area contributed by atoms with E-state index in [4.69, 9.17) is 22.1 Å². The van der Waals surface area contributed by atoms with Crippen molar-refractivity contribution in [1.29, 1.82) is 0 Å². The Morgan fingerprint density at radius 1 is 1.00 bits per heavy atom. The summed E-state index contributed by atoms with van der Waals surface area (Å²) in [6.45, 7) is 0. The van der Waals surface area contributed by atoms with Crippen molar-refractivity contribution in [1.82, 2.24) is 0 Å². The maximum absolute atomic E-state index is 11.0. The van der Waals surface area contributed by atoms with Crippen molar-refractivity contribution in [3.8, 4) is 0 Å². The minimum atomic E-state index is -4.75. The molecule has 0 saturated carbocycles. The molecule has 1 saturated heterocycles. The van der Waals surface area contributed by atoms with E-state index in [0.29, 0.717) is 11.7 Å². The fourth-order valence-electron chi connectivity index (χ4n) is 1.54. The molecule has 1 fully saturated rings. The Labute approximate surface area is 118 Å². The van der Waals surface area contributed by atoms with Gasteiger partial charge in [-0.05, 0) is 0 Å². The predicted octanol–water partition coefficient (Wildman–Crippen LogP) is -1.33. The molecule has 0 spiro atoms. The van der Waals surface area contributed by atoms with Crippen LogP contribution in [0.1, 0.15) is 19.3 Å². The molecule has 0 aromatic rings. The molecular formula is C5H13AlO10S3. The third kappa shape index (κ3) is 6.02. The van der Waals surface area contributed by atoms with Crippen molar-refractivity contribution in [3.63, 3.8) is 0 Å². The summed E-state index contributed by atoms with van der Waals surface area (Å²) < 4.78 is 83.5. The van der Waals surface area contributed by atoms with Gasteiger partial charge in [-0.1, -0.05) is 0 Å². The van der Waals surface area contributed by atoms with Crippen LogP contribution >= 0.6 is 0 Å². The van der Waals surface area contributed by atoms with Gasteiger partial charge in [-0.15, -0.1) is 0 Å². The molecule has 0 amide bonds. The quantitative estimate of drug-likeness (QED) is 0.232. The molecule has 1 aliphatic rings. The Morgan fingerprint density at radius 3 is 1.53 bits per heavy atom. The first kappa shape index (κ1) is 21.5. The smallest absolute Gasteiger partial charge is 0.0495 e. The summed E-state index contributed by atoms with van der Waals surface area (Å²) in [5.74, 6) is 0. The second-order valence-electron chi connectivity index (χ2n) is 3.43. The van der Waals surface area contributed by atoms with Crippen LogP contribution in [0.3, 0.4) is 0 Å². The van der Waals surface area contributed by atoms with Crippen LogP contribution in [0.5, 0.6) is 0 Å². The molecule has 0 aromatic heterocycles. The first-order valence-corrected chi connectivity index (χ1v) is 9.81. The molecule has 19 heavy (non-hydrogen) atoms. The first-order valence-electron chi connectivity index (χ1n) is 4.51. The van der Waals surface area contributed by atoms with Crippen molar-refractivity contribution >= 4 is 46.4 Å². The molecule has 0 aromatic carbocycles. The molecular weight excluding hydrogens is 343 g/mol. The molecule has 1 heterocycles. The van der Waals surface area contributed by atoms with Gasteiger partial charge in [0.2, 0.25) is 0 Å². The van der Waals surface area contributed by atoms with Crippen LogP contribution in [0.15, 0.2) is 0 Å². The van der Waals surface area contributed by atoms with Crippen LogP contribution in [0, 0.1) is 0 Å². The Balaban J connectivity index is 0. The third-order valence-corrected chi connectivity index (χ3v) is 10.1. The normalized spacial score (nSPS) is 18.1. The second kappa shape index (κ2) is 7.86. The molecule has 1 aliphatic heterocycles. The Bertz CT molecular complexity index is 498. The fraction of sp³-hybridized carbons (Fsp3) is 1.00. The van der Waals surface area contributed by atoms with Gasteiger partial charge in [0.15, 0.2) is 0 Å². The van der Waals surface area contributed by atoms with Crippen LogP contribution in [0.25, 0.3) is 0 Å². The van der Waals surface area contributed by atoms with Crippen molar-refractivity contribution in [2.45, 2.75) is 27.5 Å². The summed E-state index contributed by atoms with van der Waals surface area (Å²) in [6.07, 6.45) is 0.911.